The molecule has 0 amide bonds. The van der Waals surface area contributed by atoms with Crippen molar-refractivity contribution in [2.45, 2.75) is 12.5 Å². The Balaban J connectivity index is 3.89. The second-order valence-corrected chi connectivity index (χ2v) is 7.75. The summed E-state index contributed by atoms with van der Waals surface area (Å²) in [5, 5.41) is 0. The molecule has 7 heteroatoms. The molecule has 0 heterocycles. The summed E-state index contributed by atoms with van der Waals surface area (Å²) in [7, 11) is 2.60. The zero-order chi connectivity index (χ0) is 11.7. The van der Waals surface area contributed by atoms with Crippen LogP contribution in [0.15, 0.2) is 0 Å². The van der Waals surface area contributed by atoms with Crippen molar-refractivity contribution in [2.75, 3.05) is 40.4 Å². The van der Waals surface area contributed by atoms with Crippen molar-refractivity contribution in [1.29, 1.82) is 0 Å². The van der Waals surface area contributed by atoms with E-state index in [1.807, 2.05) is 0 Å². The van der Waals surface area contributed by atoms with Gasteiger partial charge in [-0.05, 0) is 18.9 Å². The zero-order valence-electron chi connectivity index (χ0n) is 10.1. The molecule has 0 unspecified atom stereocenters. The Hall–Kier alpha value is 0.757. The molecule has 0 aromatic heterocycles. The Morgan fingerprint density at radius 2 is 1.47 bits per heavy atom. The molecule has 0 aliphatic heterocycles. The first kappa shape index (κ1) is 15.8. The minimum absolute atomic E-state index is 0.855. The second-order valence-electron chi connectivity index (χ2n) is 2.82. The van der Waals surface area contributed by atoms with Gasteiger partial charge >= 0.3 is 8.80 Å². The van der Waals surface area contributed by atoms with Gasteiger partial charge in [0, 0.05) is 33.9 Å². The van der Waals surface area contributed by atoms with Crippen LogP contribution in [0.25, 0.3) is 0 Å². The maximum atomic E-state index is 5.35. The van der Waals surface area contributed by atoms with Gasteiger partial charge in [-0.3, -0.25) is 0 Å². The van der Waals surface area contributed by atoms with Gasteiger partial charge in [0.15, 0.2) is 0 Å². The first-order chi connectivity index (χ1) is 7.17. The van der Waals surface area contributed by atoms with Crippen LogP contribution in [0.1, 0.15) is 6.42 Å². The van der Waals surface area contributed by atoms with Gasteiger partial charge in [0.25, 0.3) is 0 Å². The monoisotopic (exact) mass is 271 g/mol. The standard InChI is InChI=1S/C8H21NO3S2Si/c1-10-15(11-2,12-3)8-6-7-9(13-4)14-5/h6-8H2,1-5H3. The SMILES string of the molecule is CO[Si](CCCN(SC)SC)(OC)OC. The fourth-order valence-electron chi connectivity index (χ4n) is 1.24. The van der Waals surface area contributed by atoms with E-state index in [9.17, 15) is 0 Å². The topological polar surface area (TPSA) is 30.9 Å². The molecule has 0 atom stereocenters. The third kappa shape index (κ3) is 5.57. The first-order valence-corrected chi connectivity index (χ1v) is 8.98. The third-order valence-electron chi connectivity index (χ3n) is 2.16. The molecule has 0 rings (SSSR count). The lowest BCUT2D eigenvalue weighted by Crippen LogP contribution is -2.43. The van der Waals surface area contributed by atoms with E-state index in [4.69, 9.17) is 13.3 Å². The van der Waals surface area contributed by atoms with E-state index >= 15 is 0 Å². The van der Waals surface area contributed by atoms with Gasteiger partial charge in [0.1, 0.15) is 0 Å². The number of rotatable bonds is 9. The van der Waals surface area contributed by atoms with Crippen molar-refractivity contribution in [1.82, 2.24) is 3.71 Å². The van der Waals surface area contributed by atoms with E-state index < -0.39 is 8.80 Å². The summed E-state index contributed by atoms with van der Waals surface area (Å²) >= 11 is 3.47. The first-order valence-electron chi connectivity index (χ1n) is 4.69. The average molecular weight is 271 g/mol. The van der Waals surface area contributed by atoms with E-state index in [-0.39, 0.29) is 0 Å². The normalized spacial score (nSPS) is 12.4. The molecule has 15 heavy (non-hydrogen) atoms. The van der Waals surface area contributed by atoms with Gasteiger partial charge in [-0.25, -0.2) is 0 Å². The molecule has 0 aromatic rings. The molecule has 0 aliphatic rings. The van der Waals surface area contributed by atoms with Crippen LogP contribution in [0.3, 0.4) is 0 Å². The fourth-order valence-corrected chi connectivity index (χ4v) is 4.16. The van der Waals surface area contributed by atoms with Crippen LogP contribution in [0, 0.1) is 0 Å². The summed E-state index contributed by atoms with van der Waals surface area (Å²) in [6.45, 7) is 1.01. The van der Waals surface area contributed by atoms with Crippen LogP contribution in [0.2, 0.25) is 6.04 Å². The summed E-state index contributed by atoms with van der Waals surface area (Å²) in [5.41, 5.74) is 0. The van der Waals surface area contributed by atoms with Crippen molar-refractivity contribution in [2.24, 2.45) is 0 Å². The van der Waals surface area contributed by atoms with E-state index in [0.29, 0.717) is 0 Å². The third-order valence-corrected chi connectivity index (χ3v) is 7.07. The van der Waals surface area contributed by atoms with Gasteiger partial charge < -0.3 is 13.3 Å². The van der Waals surface area contributed by atoms with Gasteiger partial charge in [0.2, 0.25) is 0 Å². The molecule has 0 saturated carbocycles. The van der Waals surface area contributed by atoms with Crippen LogP contribution in [-0.2, 0) is 13.3 Å². The number of nitrogens with zero attached hydrogens (tertiary/aromatic N) is 1. The fraction of sp³-hybridized carbons (Fsp3) is 1.00. The summed E-state index contributed by atoms with van der Waals surface area (Å²) in [6, 6.07) is 0.855. The van der Waals surface area contributed by atoms with Crippen LogP contribution in [-0.4, -0.2) is 52.9 Å². The van der Waals surface area contributed by atoms with Crippen LogP contribution < -0.4 is 0 Å². The smallest absolute Gasteiger partial charge is 0.377 e. The largest absolute Gasteiger partial charge is 0.500 e. The molecule has 0 spiro atoms. The Morgan fingerprint density at radius 1 is 1.00 bits per heavy atom. The minimum atomic E-state index is -2.35. The van der Waals surface area contributed by atoms with E-state index in [1.165, 1.54) is 0 Å². The molecule has 0 N–H and O–H groups in total. The molecule has 0 aliphatic carbocycles. The molecule has 0 aromatic carbocycles. The van der Waals surface area contributed by atoms with Crippen LogP contribution in [0.5, 0.6) is 0 Å². The van der Waals surface area contributed by atoms with Gasteiger partial charge in [0.05, 0.1) is 0 Å². The van der Waals surface area contributed by atoms with E-state index in [1.54, 1.807) is 45.2 Å². The Kier molecular flexibility index (Phi) is 9.30. The van der Waals surface area contributed by atoms with Crippen LogP contribution >= 0.6 is 23.9 Å². The Bertz CT molecular complexity index is 149. The molecular weight excluding hydrogens is 250 g/mol. The predicted molar refractivity (Wildman–Crippen MR) is 69.9 cm³/mol. The summed E-state index contributed by atoms with van der Waals surface area (Å²) in [6.07, 6.45) is 5.16. The summed E-state index contributed by atoms with van der Waals surface area (Å²) in [4.78, 5) is 0. The highest BCUT2D eigenvalue weighted by Gasteiger charge is 2.36. The second kappa shape index (κ2) is 8.86. The number of hydrogen-bond donors (Lipinski definition) is 0. The van der Waals surface area contributed by atoms with Gasteiger partial charge in [-0.1, -0.05) is 23.9 Å². The average Bonchev–Trinajstić information content (AvgIpc) is 2.31. The van der Waals surface area contributed by atoms with E-state index in [0.717, 1.165) is 19.0 Å². The lowest BCUT2D eigenvalue weighted by molar-refractivity contribution is 0.123. The predicted octanol–water partition coefficient (Wildman–Crippen LogP) is 2.11. The van der Waals surface area contributed by atoms with Crippen molar-refractivity contribution in [3.05, 3.63) is 0 Å². The zero-order valence-corrected chi connectivity index (χ0v) is 12.7. The van der Waals surface area contributed by atoms with Gasteiger partial charge in [-0.15, -0.1) is 0 Å². The van der Waals surface area contributed by atoms with Crippen molar-refractivity contribution >= 4 is 32.7 Å². The van der Waals surface area contributed by atoms with E-state index in [2.05, 4.69) is 16.2 Å². The molecular formula is C8H21NO3S2Si. The van der Waals surface area contributed by atoms with Crippen LogP contribution in [0.4, 0.5) is 0 Å². The molecule has 4 nitrogen and oxygen atoms in total. The highest BCUT2D eigenvalue weighted by atomic mass is 32.2. The summed E-state index contributed by atoms with van der Waals surface area (Å²) < 4.78 is 18.3. The molecule has 0 saturated heterocycles. The molecule has 0 bridgehead atoms. The van der Waals surface area contributed by atoms with Gasteiger partial charge in [-0.2, -0.15) is 3.71 Å². The lowest BCUT2D eigenvalue weighted by atomic mass is 10.5. The van der Waals surface area contributed by atoms with Crippen molar-refractivity contribution < 1.29 is 13.3 Å². The molecule has 92 valence electrons. The highest BCUT2D eigenvalue weighted by Crippen LogP contribution is 2.20. The van der Waals surface area contributed by atoms with Crippen molar-refractivity contribution in [3.63, 3.8) is 0 Å². The summed E-state index contributed by atoms with van der Waals surface area (Å²) in [5.74, 6) is 0. The maximum Gasteiger partial charge on any atom is 0.500 e. The highest BCUT2D eigenvalue weighted by molar-refractivity contribution is 8.11. The molecule has 0 radical (unpaired) electrons. The quantitative estimate of drug-likeness (QED) is 0.471. The minimum Gasteiger partial charge on any atom is -0.377 e. The Labute approximate surface area is 103 Å². The lowest BCUT2D eigenvalue weighted by Gasteiger charge is -2.25. The number of hydrogen-bond acceptors (Lipinski definition) is 6. The van der Waals surface area contributed by atoms with Crippen molar-refractivity contribution in [3.8, 4) is 0 Å². The Morgan fingerprint density at radius 3 is 1.80 bits per heavy atom. The molecule has 0 fully saturated rings. The maximum absolute atomic E-state index is 5.35.